The molecule has 0 aliphatic carbocycles. The Morgan fingerprint density at radius 3 is 2.31 bits per heavy atom. The van der Waals surface area contributed by atoms with E-state index in [2.05, 4.69) is 26.1 Å². The smallest absolute Gasteiger partial charge is 0.0587 e. The Bertz CT molecular complexity index is 117. The van der Waals surface area contributed by atoms with Crippen LogP contribution in [0.5, 0.6) is 0 Å². The molecule has 0 radical (unpaired) electrons. The Morgan fingerprint density at radius 2 is 1.92 bits per heavy atom. The van der Waals surface area contributed by atoms with Gasteiger partial charge in [-0.3, -0.25) is 0 Å². The molecule has 0 aliphatic heterocycles. The van der Waals surface area contributed by atoms with Gasteiger partial charge in [0.05, 0.1) is 6.61 Å². The molecule has 2 atom stereocenters. The van der Waals surface area contributed by atoms with Crippen molar-refractivity contribution in [3.8, 4) is 0 Å². The van der Waals surface area contributed by atoms with Crippen LogP contribution in [0.1, 0.15) is 20.8 Å². The minimum Gasteiger partial charge on any atom is -0.395 e. The Kier molecular flexibility index (Phi) is 7.23. The average Bonchev–Trinajstić information content (AvgIpc) is 2.05. The first-order valence-electron chi connectivity index (χ1n) is 4.95. The van der Waals surface area contributed by atoms with Crippen molar-refractivity contribution in [2.75, 3.05) is 26.9 Å². The second-order valence-electron chi connectivity index (χ2n) is 4.00. The fourth-order valence-corrected chi connectivity index (χ4v) is 1.21. The molecule has 2 unspecified atom stereocenters. The van der Waals surface area contributed by atoms with Crippen LogP contribution in [-0.4, -0.2) is 38.0 Å². The van der Waals surface area contributed by atoms with Gasteiger partial charge in [-0.05, 0) is 11.8 Å². The van der Waals surface area contributed by atoms with E-state index < -0.39 is 0 Å². The number of methoxy groups -OCH3 is 1. The molecule has 0 fully saturated rings. The molecule has 0 heterocycles. The Labute approximate surface area is 81.5 Å². The standard InChI is InChI=1S/C10H23NO2/c1-8(2)10(6-12)11-5-9(3)7-13-4/h8-12H,5-7H2,1-4H3. The number of aliphatic hydroxyl groups is 1. The number of hydrogen-bond acceptors (Lipinski definition) is 3. The van der Waals surface area contributed by atoms with Crippen molar-refractivity contribution >= 4 is 0 Å². The summed E-state index contributed by atoms with van der Waals surface area (Å²) in [5.74, 6) is 0.970. The topological polar surface area (TPSA) is 41.5 Å². The van der Waals surface area contributed by atoms with E-state index in [1.807, 2.05) is 0 Å². The summed E-state index contributed by atoms with van der Waals surface area (Å²) in [4.78, 5) is 0. The molecule has 3 nitrogen and oxygen atoms in total. The van der Waals surface area contributed by atoms with Gasteiger partial charge in [-0.1, -0.05) is 20.8 Å². The van der Waals surface area contributed by atoms with Gasteiger partial charge in [0.25, 0.3) is 0 Å². The van der Waals surface area contributed by atoms with E-state index in [0.29, 0.717) is 11.8 Å². The van der Waals surface area contributed by atoms with Gasteiger partial charge in [-0.25, -0.2) is 0 Å². The van der Waals surface area contributed by atoms with Gasteiger partial charge < -0.3 is 15.2 Å². The van der Waals surface area contributed by atoms with E-state index in [9.17, 15) is 0 Å². The molecule has 0 saturated heterocycles. The zero-order chi connectivity index (χ0) is 10.3. The lowest BCUT2D eigenvalue weighted by Crippen LogP contribution is -2.40. The normalized spacial score (nSPS) is 16.2. The van der Waals surface area contributed by atoms with Crippen molar-refractivity contribution in [3.63, 3.8) is 0 Å². The molecule has 0 aromatic rings. The van der Waals surface area contributed by atoms with Gasteiger partial charge in [-0.15, -0.1) is 0 Å². The summed E-state index contributed by atoms with van der Waals surface area (Å²) in [6.07, 6.45) is 0. The average molecular weight is 189 g/mol. The molecular weight excluding hydrogens is 166 g/mol. The molecule has 0 aromatic heterocycles. The van der Waals surface area contributed by atoms with Crippen molar-refractivity contribution in [3.05, 3.63) is 0 Å². The molecule has 0 aromatic carbocycles. The third-order valence-corrected chi connectivity index (χ3v) is 2.18. The lowest BCUT2D eigenvalue weighted by Gasteiger charge is -2.22. The summed E-state index contributed by atoms with van der Waals surface area (Å²) < 4.78 is 5.03. The van der Waals surface area contributed by atoms with Crippen molar-refractivity contribution < 1.29 is 9.84 Å². The van der Waals surface area contributed by atoms with Crippen LogP contribution in [0.4, 0.5) is 0 Å². The Balaban J connectivity index is 3.59. The van der Waals surface area contributed by atoms with Crippen molar-refractivity contribution in [1.82, 2.24) is 5.32 Å². The predicted octanol–water partition coefficient (Wildman–Crippen LogP) is 0.875. The second-order valence-corrected chi connectivity index (χ2v) is 4.00. The van der Waals surface area contributed by atoms with Crippen LogP contribution < -0.4 is 5.32 Å². The van der Waals surface area contributed by atoms with Crippen molar-refractivity contribution in [2.45, 2.75) is 26.8 Å². The Morgan fingerprint density at radius 1 is 1.31 bits per heavy atom. The number of aliphatic hydroxyl groups excluding tert-OH is 1. The molecule has 2 N–H and O–H groups in total. The van der Waals surface area contributed by atoms with Crippen molar-refractivity contribution in [1.29, 1.82) is 0 Å². The van der Waals surface area contributed by atoms with E-state index in [1.54, 1.807) is 7.11 Å². The lowest BCUT2D eigenvalue weighted by atomic mass is 10.0. The van der Waals surface area contributed by atoms with Crippen LogP contribution in [0.15, 0.2) is 0 Å². The van der Waals surface area contributed by atoms with Crippen LogP contribution in [-0.2, 0) is 4.74 Å². The third kappa shape index (κ3) is 6.02. The van der Waals surface area contributed by atoms with E-state index in [1.165, 1.54) is 0 Å². The summed E-state index contributed by atoms with van der Waals surface area (Å²) in [5, 5.41) is 12.4. The zero-order valence-electron chi connectivity index (χ0n) is 9.21. The molecule has 0 bridgehead atoms. The summed E-state index contributed by atoms with van der Waals surface area (Å²) in [6.45, 7) is 8.22. The monoisotopic (exact) mass is 189 g/mol. The molecule has 0 aliphatic rings. The van der Waals surface area contributed by atoms with Crippen LogP contribution in [0.3, 0.4) is 0 Å². The Hall–Kier alpha value is -0.120. The maximum atomic E-state index is 9.05. The van der Waals surface area contributed by atoms with E-state index in [-0.39, 0.29) is 12.6 Å². The van der Waals surface area contributed by atoms with Crippen molar-refractivity contribution in [2.24, 2.45) is 11.8 Å². The van der Waals surface area contributed by atoms with Gasteiger partial charge in [0.2, 0.25) is 0 Å². The van der Waals surface area contributed by atoms with Gasteiger partial charge >= 0.3 is 0 Å². The lowest BCUT2D eigenvalue weighted by molar-refractivity contribution is 0.148. The zero-order valence-corrected chi connectivity index (χ0v) is 9.21. The predicted molar refractivity (Wildman–Crippen MR) is 54.8 cm³/mol. The molecule has 0 rings (SSSR count). The van der Waals surface area contributed by atoms with Gasteiger partial charge in [-0.2, -0.15) is 0 Å². The number of ether oxygens (including phenoxy) is 1. The number of rotatable bonds is 7. The second kappa shape index (κ2) is 7.30. The molecule has 0 amide bonds. The van der Waals surface area contributed by atoms with Gasteiger partial charge in [0.1, 0.15) is 0 Å². The quantitative estimate of drug-likeness (QED) is 0.624. The van der Waals surface area contributed by atoms with Crippen LogP contribution in [0.2, 0.25) is 0 Å². The summed E-state index contributed by atoms with van der Waals surface area (Å²) in [5.41, 5.74) is 0. The molecule has 3 heteroatoms. The number of nitrogens with one attached hydrogen (secondary N) is 1. The summed E-state index contributed by atoms with van der Waals surface area (Å²) >= 11 is 0. The summed E-state index contributed by atoms with van der Waals surface area (Å²) in [7, 11) is 1.71. The van der Waals surface area contributed by atoms with Gasteiger partial charge in [0.15, 0.2) is 0 Å². The molecule has 0 spiro atoms. The first kappa shape index (κ1) is 12.9. The highest BCUT2D eigenvalue weighted by molar-refractivity contribution is 4.70. The highest BCUT2D eigenvalue weighted by atomic mass is 16.5. The SMILES string of the molecule is COCC(C)CNC(CO)C(C)C. The van der Waals surface area contributed by atoms with Crippen LogP contribution in [0.25, 0.3) is 0 Å². The molecule has 13 heavy (non-hydrogen) atoms. The van der Waals surface area contributed by atoms with Crippen LogP contribution >= 0.6 is 0 Å². The minimum absolute atomic E-state index is 0.206. The third-order valence-electron chi connectivity index (χ3n) is 2.18. The fraction of sp³-hybridized carbons (Fsp3) is 1.00. The first-order chi connectivity index (χ1) is 6.11. The fourth-order valence-electron chi connectivity index (χ4n) is 1.21. The first-order valence-corrected chi connectivity index (χ1v) is 4.95. The molecule has 0 saturated carbocycles. The highest BCUT2D eigenvalue weighted by Crippen LogP contribution is 2.01. The van der Waals surface area contributed by atoms with Gasteiger partial charge in [0, 0.05) is 26.3 Å². The highest BCUT2D eigenvalue weighted by Gasteiger charge is 2.12. The maximum absolute atomic E-state index is 9.05. The maximum Gasteiger partial charge on any atom is 0.0587 e. The molecular formula is C10H23NO2. The molecule has 80 valence electrons. The largest absolute Gasteiger partial charge is 0.395 e. The number of hydrogen-bond donors (Lipinski definition) is 2. The van der Waals surface area contributed by atoms with E-state index in [4.69, 9.17) is 9.84 Å². The summed E-state index contributed by atoms with van der Waals surface area (Å²) in [6, 6.07) is 0.208. The van der Waals surface area contributed by atoms with E-state index in [0.717, 1.165) is 13.2 Å². The van der Waals surface area contributed by atoms with E-state index >= 15 is 0 Å². The minimum atomic E-state index is 0.206. The van der Waals surface area contributed by atoms with Crippen LogP contribution in [0, 0.1) is 11.8 Å².